The number of rotatable bonds is 4. The van der Waals surface area contributed by atoms with E-state index in [1.807, 2.05) is 19.1 Å². The van der Waals surface area contributed by atoms with E-state index in [0.29, 0.717) is 0 Å². The summed E-state index contributed by atoms with van der Waals surface area (Å²) in [6, 6.07) is 5.67. The summed E-state index contributed by atoms with van der Waals surface area (Å²) in [6.07, 6.45) is 3.45. The van der Waals surface area contributed by atoms with Crippen molar-refractivity contribution in [3.8, 4) is 0 Å². The molecule has 3 nitrogen and oxygen atoms in total. The van der Waals surface area contributed by atoms with Crippen molar-refractivity contribution < 1.29 is 4.42 Å². The van der Waals surface area contributed by atoms with Crippen molar-refractivity contribution in [1.82, 2.24) is 9.88 Å². The van der Waals surface area contributed by atoms with E-state index in [-0.39, 0.29) is 0 Å². The van der Waals surface area contributed by atoms with Gasteiger partial charge >= 0.3 is 0 Å². The van der Waals surface area contributed by atoms with Crippen LogP contribution in [0.15, 0.2) is 35.1 Å². The lowest BCUT2D eigenvalue weighted by atomic mass is 10.2. The summed E-state index contributed by atoms with van der Waals surface area (Å²) in [5, 5.41) is 0.725. The van der Waals surface area contributed by atoms with Gasteiger partial charge in [-0.25, -0.2) is 0 Å². The van der Waals surface area contributed by atoms with Gasteiger partial charge in [0.2, 0.25) is 0 Å². The highest BCUT2D eigenvalue weighted by Crippen LogP contribution is 2.14. The fourth-order valence-electron chi connectivity index (χ4n) is 1.73. The van der Waals surface area contributed by atoms with Crippen LogP contribution in [0.2, 0.25) is 5.02 Å². The van der Waals surface area contributed by atoms with E-state index in [0.717, 1.165) is 29.6 Å². The van der Waals surface area contributed by atoms with Crippen LogP contribution >= 0.6 is 11.6 Å². The van der Waals surface area contributed by atoms with Gasteiger partial charge in [-0.2, -0.15) is 0 Å². The first-order chi connectivity index (χ1) is 8.15. The van der Waals surface area contributed by atoms with E-state index >= 15 is 0 Å². The van der Waals surface area contributed by atoms with Crippen molar-refractivity contribution in [3.05, 3.63) is 52.7 Å². The quantitative estimate of drug-likeness (QED) is 0.834. The molecular weight excluding hydrogens is 236 g/mol. The number of nitrogens with zero attached hydrogens (tertiary/aromatic N) is 2. The van der Waals surface area contributed by atoms with Crippen LogP contribution in [0.1, 0.15) is 17.0 Å². The molecule has 0 bridgehead atoms. The largest absolute Gasteiger partial charge is 0.469 e. The Bertz CT molecular complexity index is 496. The zero-order valence-corrected chi connectivity index (χ0v) is 10.7. The van der Waals surface area contributed by atoms with E-state index in [9.17, 15) is 0 Å². The van der Waals surface area contributed by atoms with E-state index < -0.39 is 0 Å². The zero-order chi connectivity index (χ0) is 12.3. The number of hydrogen-bond acceptors (Lipinski definition) is 3. The van der Waals surface area contributed by atoms with Crippen LogP contribution in [0.3, 0.4) is 0 Å². The molecule has 0 amide bonds. The molecule has 0 aliphatic carbocycles. The molecule has 4 heteroatoms. The minimum Gasteiger partial charge on any atom is -0.469 e. The van der Waals surface area contributed by atoms with Crippen LogP contribution in [-0.4, -0.2) is 16.9 Å². The Labute approximate surface area is 106 Å². The van der Waals surface area contributed by atoms with E-state index in [1.54, 1.807) is 18.5 Å². The van der Waals surface area contributed by atoms with Crippen LogP contribution in [0.4, 0.5) is 0 Å². The van der Waals surface area contributed by atoms with Crippen LogP contribution < -0.4 is 0 Å². The molecule has 2 aromatic rings. The Balaban J connectivity index is 1.98. The topological polar surface area (TPSA) is 29.3 Å². The van der Waals surface area contributed by atoms with Crippen molar-refractivity contribution in [2.45, 2.75) is 20.0 Å². The van der Waals surface area contributed by atoms with E-state index in [4.69, 9.17) is 16.0 Å². The lowest BCUT2D eigenvalue weighted by Crippen LogP contribution is -2.18. The maximum Gasteiger partial charge on any atom is 0.105 e. The summed E-state index contributed by atoms with van der Waals surface area (Å²) < 4.78 is 5.27. The summed E-state index contributed by atoms with van der Waals surface area (Å²) in [5.74, 6) is 0.968. The third-order valence-corrected chi connectivity index (χ3v) is 2.85. The number of pyridine rings is 1. The summed E-state index contributed by atoms with van der Waals surface area (Å²) in [7, 11) is 2.05. The molecule has 2 rings (SSSR count). The van der Waals surface area contributed by atoms with Crippen LogP contribution in [0.25, 0.3) is 0 Å². The van der Waals surface area contributed by atoms with Gasteiger partial charge in [-0.15, -0.1) is 0 Å². The smallest absolute Gasteiger partial charge is 0.105 e. The number of hydrogen-bond donors (Lipinski definition) is 0. The molecule has 0 atom stereocenters. The Kier molecular flexibility index (Phi) is 3.82. The summed E-state index contributed by atoms with van der Waals surface area (Å²) in [5.41, 5.74) is 2.18. The first-order valence-corrected chi connectivity index (χ1v) is 5.85. The van der Waals surface area contributed by atoms with Gasteiger partial charge in [0, 0.05) is 29.9 Å². The highest BCUT2D eigenvalue weighted by atomic mass is 35.5. The highest BCUT2D eigenvalue weighted by molar-refractivity contribution is 6.30. The predicted molar refractivity (Wildman–Crippen MR) is 67.9 cm³/mol. The lowest BCUT2D eigenvalue weighted by molar-refractivity contribution is 0.312. The molecular formula is C13H15ClN2O. The second kappa shape index (κ2) is 5.34. The molecule has 0 unspecified atom stereocenters. The van der Waals surface area contributed by atoms with Gasteiger partial charge in [-0.05, 0) is 32.2 Å². The molecule has 0 aliphatic heterocycles. The molecule has 17 heavy (non-hydrogen) atoms. The van der Waals surface area contributed by atoms with Gasteiger partial charge < -0.3 is 4.42 Å². The summed E-state index contributed by atoms with van der Waals surface area (Å²) >= 11 is 5.92. The predicted octanol–water partition coefficient (Wildman–Crippen LogP) is 3.27. The maximum absolute atomic E-state index is 5.92. The first kappa shape index (κ1) is 12.1. The summed E-state index contributed by atoms with van der Waals surface area (Å²) in [4.78, 5) is 6.46. The van der Waals surface area contributed by atoms with Crippen LogP contribution in [-0.2, 0) is 13.1 Å². The SMILES string of the molecule is Cc1occc1CN(C)Cc1cc(Cl)ccn1. The Hall–Kier alpha value is -1.32. The monoisotopic (exact) mass is 250 g/mol. The fourth-order valence-corrected chi connectivity index (χ4v) is 1.92. The zero-order valence-electron chi connectivity index (χ0n) is 9.98. The molecule has 0 radical (unpaired) electrons. The number of aromatic nitrogens is 1. The molecule has 0 fully saturated rings. The van der Waals surface area contributed by atoms with Crippen molar-refractivity contribution in [2.24, 2.45) is 0 Å². The Morgan fingerprint density at radius 1 is 1.35 bits per heavy atom. The average molecular weight is 251 g/mol. The van der Waals surface area contributed by atoms with Gasteiger partial charge in [-0.1, -0.05) is 11.6 Å². The van der Waals surface area contributed by atoms with E-state index in [1.165, 1.54) is 5.56 Å². The van der Waals surface area contributed by atoms with Crippen LogP contribution in [0.5, 0.6) is 0 Å². The highest BCUT2D eigenvalue weighted by Gasteiger charge is 2.06. The van der Waals surface area contributed by atoms with Crippen LogP contribution in [0, 0.1) is 6.92 Å². The van der Waals surface area contributed by atoms with Gasteiger partial charge in [0.25, 0.3) is 0 Å². The molecule has 2 aromatic heterocycles. The standard InChI is InChI=1S/C13H15ClN2O/c1-10-11(4-6-17-10)8-16(2)9-13-7-12(14)3-5-15-13/h3-7H,8-9H2,1-2H3. The van der Waals surface area contributed by atoms with Crippen molar-refractivity contribution in [3.63, 3.8) is 0 Å². The minimum atomic E-state index is 0.725. The maximum atomic E-state index is 5.92. The third-order valence-electron chi connectivity index (χ3n) is 2.62. The Morgan fingerprint density at radius 2 is 2.18 bits per heavy atom. The lowest BCUT2D eigenvalue weighted by Gasteiger charge is -2.15. The molecule has 0 saturated carbocycles. The van der Waals surface area contributed by atoms with E-state index in [2.05, 4.69) is 16.9 Å². The second-order valence-electron chi connectivity index (χ2n) is 4.14. The Morgan fingerprint density at radius 3 is 2.82 bits per heavy atom. The van der Waals surface area contributed by atoms with Gasteiger partial charge in [0.05, 0.1) is 12.0 Å². The van der Waals surface area contributed by atoms with Crippen molar-refractivity contribution in [2.75, 3.05) is 7.05 Å². The third kappa shape index (κ3) is 3.32. The second-order valence-corrected chi connectivity index (χ2v) is 4.58. The number of halogens is 1. The van der Waals surface area contributed by atoms with Crippen molar-refractivity contribution in [1.29, 1.82) is 0 Å². The molecule has 0 N–H and O–H groups in total. The number of aryl methyl sites for hydroxylation is 1. The van der Waals surface area contributed by atoms with Crippen molar-refractivity contribution >= 4 is 11.6 Å². The molecule has 0 saturated heterocycles. The van der Waals surface area contributed by atoms with Gasteiger partial charge in [0.15, 0.2) is 0 Å². The molecule has 0 spiro atoms. The fraction of sp³-hybridized carbons (Fsp3) is 0.308. The van der Waals surface area contributed by atoms with Gasteiger partial charge in [-0.3, -0.25) is 9.88 Å². The minimum absolute atomic E-state index is 0.725. The normalized spacial score (nSPS) is 11.1. The average Bonchev–Trinajstić information content (AvgIpc) is 2.64. The molecule has 0 aromatic carbocycles. The summed E-state index contributed by atoms with van der Waals surface area (Å²) in [6.45, 7) is 3.59. The van der Waals surface area contributed by atoms with Gasteiger partial charge in [0.1, 0.15) is 5.76 Å². The molecule has 0 aliphatic rings. The molecule has 2 heterocycles. The first-order valence-electron chi connectivity index (χ1n) is 5.47. The number of furan rings is 1. The molecule has 90 valence electrons.